The zero-order chi connectivity index (χ0) is 18.2. The third-order valence-corrected chi connectivity index (χ3v) is 5.03. The summed E-state index contributed by atoms with van der Waals surface area (Å²) in [6.07, 6.45) is 17.7. The van der Waals surface area contributed by atoms with Crippen molar-refractivity contribution in [1.82, 2.24) is 0 Å². The van der Waals surface area contributed by atoms with Crippen LogP contribution < -0.4 is 4.90 Å². The normalized spacial score (nSPS) is 11.0. The fourth-order valence-corrected chi connectivity index (χ4v) is 3.38. The molecule has 0 saturated carbocycles. The summed E-state index contributed by atoms with van der Waals surface area (Å²) >= 11 is 0. The monoisotopic (exact) mass is 347 g/mol. The summed E-state index contributed by atoms with van der Waals surface area (Å²) in [5, 5.41) is 9.50. The Morgan fingerprint density at radius 1 is 0.600 bits per heavy atom. The van der Waals surface area contributed by atoms with E-state index in [4.69, 9.17) is 0 Å². The molecule has 0 saturated heterocycles. The van der Waals surface area contributed by atoms with Crippen molar-refractivity contribution in [2.75, 3.05) is 18.0 Å². The third kappa shape index (κ3) is 11.1. The Hall–Kier alpha value is -1.18. The summed E-state index contributed by atoms with van der Waals surface area (Å²) < 4.78 is 0. The molecule has 0 spiro atoms. The Labute approximate surface area is 156 Å². The van der Waals surface area contributed by atoms with Gasteiger partial charge in [-0.25, -0.2) is 0 Å². The predicted octanol–water partition coefficient (Wildman–Crippen LogP) is 7.31. The number of unbranched alkanes of at least 4 members (excludes halogenated alkanes) is 11. The molecule has 25 heavy (non-hydrogen) atoms. The minimum atomic E-state index is 0.358. The molecule has 0 radical (unpaired) electrons. The van der Waals surface area contributed by atoms with E-state index in [2.05, 4.69) is 30.9 Å². The zero-order valence-electron chi connectivity index (χ0n) is 16.8. The summed E-state index contributed by atoms with van der Waals surface area (Å²) in [5.74, 6) is 0.358. The van der Waals surface area contributed by atoms with E-state index in [-0.39, 0.29) is 0 Å². The second-order valence-electron chi connectivity index (χ2n) is 7.39. The molecule has 1 rings (SSSR count). The number of hydrogen-bond acceptors (Lipinski definition) is 2. The molecule has 0 bridgehead atoms. The number of phenolic OH excluding ortho intramolecular Hbond substituents is 1. The summed E-state index contributed by atoms with van der Waals surface area (Å²) in [6, 6.07) is 7.72. The van der Waals surface area contributed by atoms with Gasteiger partial charge in [-0.2, -0.15) is 0 Å². The Kier molecular flexibility index (Phi) is 13.2. The molecular weight excluding hydrogens is 306 g/mol. The van der Waals surface area contributed by atoms with Crippen LogP contribution in [0.25, 0.3) is 0 Å². The number of phenols is 1. The summed E-state index contributed by atoms with van der Waals surface area (Å²) in [4.78, 5) is 2.50. The van der Waals surface area contributed by atoms with Gasteiger partial charge in [-0.3, -0.25) is 0 Å². The maximum Gasteiger partial charge on any atom is 0.115 e. The lowest BCUT2D eigenvalue weighted by atomic mass is 10.1. The molecular formula is C23H41NO. The highest BCUT2D eigenvalue weighted by Crippen LogP contribution is 2.20. The van der Waals surface area contributed by atoms with Crippen molar-refractivity contribution in [1.29, 1.82) is 0 Å². The molecule has 2 nitrogen and oxygen atoms in total. The van der Waals surface area contributed by atoms with Gasteiger partial charge in [-0.05, 0) is 37.1 Å². The van der Waals surface area contributed by atoms with Gasteiger partial charge in [0.25, 0.3) is 0 Å². The van der Waals surface area contributed by atoms with Crippen LogP contribution in [0.15, 0.2) is 24.3 Å². The predicted molar refractivity (Wildman–Crippen MR) is 112 cm³/mol. The van der Waals surface area contributed by atoms with Crippen molar-refractivity contribution in [3.05, 3.63) is 24.3 Å². The molecule has 1 aromatic rings. The Balaban J connectivity index is 2.18. The molecule has 0 atom stereocenters. The van der Waals surface area contributed by atoms with Gasteiger partial charge in [-0.1, -0.05) is 84.5 Å². The highest BCUT2D eigenvalue weighted by atomic mass is 16.3. The molecule has 0 aromatic heterocycles. The molecule has 1 N–H and O–H groups in total. The number of benzene rings is 1. The van der Waals surface area contributed by atoms with Crippen LogP contribution in [0, 0.1) is 0 Å². The van der Waals surface area contributed by atoms with Crippen LogP contribution in [0.3, 0.4) is 0 Å². The van der Waals surface area contributed by atoms with Crippen molar-refractivity contribution < 1.29 is 5.11 Å². The van der Waals surface area contributed by atoms with Gasteiger partial charge >= 0.3 is 0 Å². The first-order valence-electron chi connectivity index (χ1n) is 10.8. The van der Waals surface area contributed by atoms with E-state index in [1.807, 2.05) is 0 Å². The van der Waals surface area contributed by atoms with Crippen molar-refractivity contribution in [3.8, 4) is 5.75 Å². The first kappa shape index (κ1) is 21.9. The molecule has 0 unspecified atom stereocenters. The van der Waals surface area contributed by atoms with Gasteiger partial charge in [0, 0.05) is 18.8 Å². The minimum Gasteiger partial charge on any atom is -0.508 e. The lowest BCUT2D eigenvalue weighted by molar-refractivity contribution is 0.475. The number of rotatable bonds is 16. The van der Waals surface area contributed by atoms with Gasteiger partial charge in [0.2, 0.25) is 0 Å². The van der Waals surface area contributed by atoms with E-state index in [1.54, 1.807) is 12.1 Å². The largest absolute Gasteiger partial charge is 0.508 e. The fraction of sp³-hybridized carbons (Fsp3) is 0.739. The topological polar surface area (TPSA) is 23.5 Å². The van der Waals surface area contributed by atoms with E-state index >= 15 is 0 Å². The number of nitrogens with zero attached hydrogens (tertiary/aromatic N) is 1. The highest BCUT2D eigenvalue weighted by molar-refractivity contribution is 5.48. The van der Waals surface area contributed by atoms with Crippen molar-refractivity contribution in [2.24, 2.45) is 0 Å². The van der Waals surface area contributed by atoms with Crippen LogP contribution >= 0.6 is 0 Å². The Morgan fingerprint density at radius 2 is 1.00 bits per heavy atom. The van der Waals surface area contributed by atoms with Gasteiger partial charge in [0.05, 0.1) is 0 Å². The highest BCUT2D eigenvalue weighted by Gasteiger charge is 2.06. The lowest BCUT2D eigenvalue weighted by Crippen LogP contribution is -2.25. The van der Waals surface area contributed by atoms with Crippen LogP contribution in [-0.2, 0) is 0 Å². The molecule has 0 aliphatic heterocycles. The SMILES string of the molecule is CCCCCCCCCCCCN(CCCCC)c1ccc(O)cc1. The number of hydrogen-bond donors (Lipinski definition) is 1. The second kappa shape index (κ2) is 15.1. The molecule has 1 aromatic carbocycles. The maximum atomic E-state index is 9.50. The third-order valence-electron chi connectivity index (χ3n) is 5.03. The van der Waals surface area contributed by atoms with E-state index in [0.29, 0.717) is 5.75 Å². The summed E-state index contributed by atoms with van der Waals surface area (Å²) in [6.45, 7) is 6.82. The second-order valence-corrected chi connectivity index (χ2v) is 7.39. The van der Waals surface area contributed by atoms with Gasteiger partial charge in [0.15, 0.2) is 0 Å². The standard InChI is InChI=1S/C23H41NO/c1-3-5-7-8-9-10-11-12-13-15-21-24(20-14-6-4-2)22-16-18-23(25)19-17-22/h16-19,25H,3-15,20-21H2,1-2H3. The zero-order valence-corrected chi connectivity index (χ0v) is 16.8. The molecule has 144 valence electrons. The molecule has 0 amide bonds. The van der Waals surface area contributed by atoms with Gasteiger partial charge < -0.3 is 10.0 Å². The lowest BCUT2D eigenvalue weighted by Gasteiger charge is -2.25. The number of aromatic hydroxyl groups is 1. The molecule has 0 heterocycles. The van der Waals surface area contributed by atoms with Gasteiger partial charge in [0.1, 0.15) is 5.75 Å². The molecule has 2 heteroatoms. The maximum absolute atomic E-state index is 9.50. The summed E-state index contributed by atoms with van der Waals surface area (Å²) in [7, 11) is 0. The van der Waals surface area contributed by atoms with E-state index < -0.39 is 0 Å². The molecule has 0 aliphatic carbocycles. The quantitative estimate of drug-likeness (QED) is 0.317. The van der Waals surface area contributed by atoms with Crippen LogP contribution in [0.5, 0.6) is 5.75 Å². The minimum absolute atomic E-state index is 0.358. The van der Waals surface area contributed by atoms with Crippen molar-refractivity contribution in [3.63, 3.8) is 0 Å². The van der Waals surface area contributed by atoms with Crippen LogP contribution in [0.1, 0.15) is 97.3 Å². The Morgan fingerprint density at radius 3 is 1.52 bits per heavy atom. The van der Waals surface area contributed by atoms with Crippen molar-refractivity contribution >= 4 is 5.69 Å². The van der Waals surface area contributed by atoms with E-state index in [1.165, 1.54) is 89.2 Å². The van der Waals surface area contributed by atoms with Crippen LogP contribution in [-0.4, -0.2) is 18.2 Å². The summed E-state index contributed by atoms with van der Waals surface area (Å²) in [5.41, 5.74) is 1.25. The first-order chi connectivity index (χ1) is 12.3. The molecule has 0 aliphatic rings. The van der Waals surface area contributed by atoms with E-state index in [9.17, 15) is 5.11 Å². The average Bonchev–Trinajstić information content (AvgIpc) is 2.62. The van der Waals surface area contributed by atoms with Crippen molar-refractivity contribution in [2.45, 2.75) is 97.3 Å². The first-order valence-corrected chi connectivity index (χ1v) is 10.8. The smallest absolute Gasteiger partial charge is 0.115 e. The number of anilines is 1. The molecule has 0 fully saturated rings. The Bertz CT molecular complexity index is 401. The average molecular weight is 348 g/mol. The van der Waals surface area contributed by atoms with E-state index in [0.717, 1.165) is 13.1 Å². The van der Waals surface area contributed by atoms with Gasteiger partial charge in [-0.15, -0.1) is 0 Å². The fourth-order valence-electron chi connectivity index (χ4n) is 3.38. The van der Waals surface area contributed by atoms with Crippen LogP contribution in [0.4, 0.5) is 5.69 Å². The van der Waals surface area contributed by atoms with Crippen LogP contribution in [0.2, 0.25) is 0 Å².